The van der Waals surface area contributed by atoms with Crippen LogP contribution in [0.2, 0.25) is 0 Å². The van der Waals surface area contributed by atoms with Crippen LogP contribution in [-0.2, 0) is 49.9 Å². The fraction of sp³-hybridized carbons (Fsp3) is 0.526. The number of halogens is 1. The minimum absolute atomic E-state index is 0. The topological polar surface area (TPSA) is 64.5 Å². The van der Waals surface area contributed by atoms with Crippen molar-refractivity contribution in [2.45, 2.75) is 125 Å². The second-order valence-corrected chi connectivity index (χ2v) is 16.9. The van der Waals surface area contributed by atoms with Gasteiger partial charge in [-0.15, -0.1) is 12.4 Å². The third-order valence-corrected chi connectivity index (χ3v) is 8.61. The Hall–Kier alpha value is -2.01. The molecule has 0 atom stereocenters. The molecule has 247 valence electrons. The molecular formula is C38H59ClMnN2O2. The van der Waals surface area contributed by atoms with Crippen molar-refractivity contribution in [2.24, 2.45) is 0 Å². The van der Waals surface area contributed by atoms with Gasteiger partial charge in [0.15, 0.2) is 0 Å². The molecule has 0 aliphatic rings. The summed E-state index contributed by atoms with van der Waals surface area (Å²) in [5, 5.41) is 24.6. The summed E-state index contributed by atoms with van der Waals surface area (Å²) in [6.07, 6.45) is 0. The average Bonchev–Trinajstić information content (AvgIpc) is 2.87. The molecule has 0 amide bonds. The van der Waals surface area contributed by atoms with Crippen LogP contribution in [-0.4, -0.2) is 16.8 Å². The van der Waals surface area contributed by atoms with Gasteiger partial charge in [0.25, 0.3) is 0 Å². The maximum absolute atomic E-state index is 10.8. The van der Waals surface area contributed by atoms with E-state index in [1.807, 2.05) is 6.07 Å². The zero-order valence-corrected chi connectivity index (χ0v) is 31.5. The van der Waals surface area contributed by atoms with Crippen LogP contribution in [0.1, 0.15) is 123 Å². The SMILES string of the molecule is CC(C)(C)c1cc(C[NH][Mn][c]2ccccc2)c(O)c(C(C)(C)C)c1.CCNCc1cc(C(C)(C)C)cc(C(C)(C)C)c1O.Cl. The van der Waals surface area contributed by atoms with E-state index < -0.39 is 0 Å². The number of hydrogen-bond donors (Lipinski definition) is 4. The molecule has 44 heavy (non-hydrogen) atoms. The molecule has 4 N–H and O–H groups in total. The Morgan fingerprint density at radius 3 is 1.36 bits per heavy atom. The summed E-state index contributed by atoms with van der Waals surface area (Å²) < 4.78 is 4.77. The summed E-state index contributed by atoms with van der Waals surface area (Å²) in [7, 11) is 0. The van der Waals surface area contributed by atoms with Crippen LogP contribution in [0.3, 0.4) is 0 Å². The first-order valence-electron chi connectivity index (χ1n) is 15.5. The second kappa shape index (κ2) is 16.0. The molecule has 0 aliphatic heterocycles. The van der Waals surface area contributed by atoms with Crippen LogP contribution < -0.4 is 14.1 Å². The molecule has 0 aromatic heterocycles. The number of rotatable bonds is 7. The number of phenolic OH excluding ortho intramolecular Hbond substituents is 2. The number of phenols is 2. The van der Waals surface area contributed by atoms with Crippen molar-refractivity contribution in [2.75, 3.05) is 6.54 Å². The predicted octanol–water partition coefficient (Wildman–Crippen LogP) is 8.92. The summed E-state index contributed by atoms with van der Waals surface area (Å²) >= 11 is 0.499. The van der Waals surface area contributed by atoms with E-state index >= 15 is 0 Å². The zero-order valence-electron chi connectivity index (χ0n) is 29.5. The zero-order chi connectivity index (χ0) is 32.8. The Bertz CT molecular complexity index is 1330. The van der Waals surface area contributed by atoms with Gasteiger partial charge < -0.3 is 10.4 Å². The standard InChI is InChI=1S/C17H29NO.C15H24NO.C6H5.ClH.Mn/c1-8-18-11-12-9-13(16(2,3)4)10-14(15(12)19)17(5,6)7;1-14(2,3)11-7-10(9-16)13(17)12(8-11)15(4,5)6;1-2-4-6-5-3-1;;/h9-10,18-19H,8,11H2,1-7H3;7-8,16-17H,9H2,1-6H3;1-5H;1H;/q;-1;;;+1. The van der Waals surface area contributed by atoms with Gasteiger partial charge >= 0.3 is 153 Å². The molecule has 0 saturated heterocycles. The van der Waals surface area contributed by atoms with Crippen molar-refractivity contribution < 1.29 is 25.4 Å². The Morgan fingerprint density at radius 2 is 1.00 bits per heavy atom. The van der Waals surface area contributed by atoms with E-state index in [0.717, 1.165) is 35.3 Å². The number of aromatic hydroxyl groups is 2. The fourth-order valence-corrected chi connectivity index (χ4v) is 5.58. The average molecular weight is 666 g/mol. The summed E-state index contributed by atoms with van der Waals surface area (Å²) in [5.74, 6) is 0.878. The third-order valence-electron chi connectivity index (χ3n) is 7.46. The molecule has 0 spiro atoms. The van der Waals surface area contributed by atoms with Gasteiger partial charge in [-0.25, -0.2) is 0 Å². The molecule has 0 fully saturated rings. The van der Waals surface area contributed by atoms with Crippen LogP contribution in [0.25, 0.3) is 0 Å². The van der Waals surface area contributed by atoms with Crippen LogP contribution >= 0.6 is 12.4 Å². The van der Waals surface area contributed by atoms with E-state index in [2.05, 4.69) is 148 Å². The van der Waals surface area contributed by atoms with Gasteiger partial charge in [-0.3, -0.25) is 0 Å². The summed E-state index contributed by atoms with van der Waals surface area (Å²) in [6, 6.07) is 19.0. The molecule has 6 heteroatoms. The second-order valence-electron chi connectivity index (χ2n) is 15.5. The molecule has 3 rings (SSSR count). The van der Waals surface area contributed by atoms with Crippen LogP contribution in [0.5, 0.6) is 11.5 Å². The van der Waals surface area contributed by atoms with Crippen LogP contribution in [0, 0.1) is 0 Å². The third kappa shape index (κ3) is 11.7. The Morgan fingerprint density at radius 1 is 0.591 bits per heavy atom. The van der Waals surface area contributed by atoms with Crippen LogP contribution in [0.15, 0.2) is 54.6 Å². The van der Waals surface area contributed by atoms with E-state index in [1.165, 1.54) is 15.6 Å². The Balaban J connectivity index is 0.000000442. The van der Waals surface area contributed by atoms with Gasteiger partial charge in [-0.05, 0) is 28.5 Å². The molecule has 0 unspecified atom stereocenters. The van der Waals surface area contributed by atoms with E-state index in [1.54, 1.807) is 0 Å². The molecule has 3 aromatic rings. The normalized spacial score (nSPS) is 12.3. The van der Waals surface area contributed by atoms with Gasteiger partial charge in [0.1, 0.15) is 5.75 Å². The summed E-state index contributed by atoms with van der Waals surface area (Å²) in [5.41, 5.74) is 6.61. The van der Waals surface area contributed by atoms with Gasteiger partial charge in [-0.1, -0.05) is 60.6 Å². The molecule has 0 bridgehead atoms. The largest absolute Gasteiger partial charge is 0.507 e. The Labute approximate surface area is 281 Å². The molecule has 0 saturated carbocycles. The number of hydrogen-bond acceptors (Lipinski definition) is 4. The quantitative estimate of drug-likeness (QED) is 0.190. The van der Waals surface area contributed by atoms with E-state index in [0.29, 0.717) is 33.2 Å². The van der Waals surface area contributed by atoms with Crippen molar-refractivity contribution in [3.05, 3.63) is 88.0 Å². The van der Waals surface area contributed by atoms with Crippen molar-refractivity contribution in [1.82, 2.24) is 9.65 Å². The maximum atomic E-state index is 10.8. The molecule has 3 aromatic carbocycles. The monoisotopic (exact) mass is 665 g/mol. The molecular weight excluding hydrogens is 607 g/mol. The minimum atomic E-state index is -0.0813. The van der Waals surface area contributed by atoms with E-state index in [4.69, 9.17) is 0 Å². The van der Waals surface area contributed by atoms with Crippen molar-refractivity contribution in [3.8, 4) is 11.5 Å². The maximum Gasteiger partial charge on any atom is 0.123 e. The first kappa shape index (κ1) is 40.0. The van der Waals surface area contributed by atoms with E-state index in [-0.39, 0.29) is 34.1 Å². The predicted molar refractivity (Wildman–Crippen MR) is 189 cm³/mol. The van der Waals surface area contributed by atoms with E-state index in [9.17, 15) is 10.2 Å². The smallest absolute Gasteiger partial charge is 0.123 e. The first-order valence-corrected chi connectivity index (χ1v) is 16.7. The van der Waals surface area contributed by atoms with Gasteiger partial charge in [0.2, 0.25) is 0 Å². The molecule has 4 nitrogen and oxygen atoms in total. The number of benzene rings is 3. The van der Waals surface area contributed by atoms with Crippen molar-refractivity contribution >= 4 is 16.9 Å². The summed E-state index contributed by atoms with van der Waals surface area (Å²) in [6.45, 7) is 30.5. The number of nitrogens with one attached hydrogen (secondary N) is 2. The first-order chi connectivity index (χ1) is 19.7. The van der Waals surface area contributed by atoms with Crippen molar-refractivity contribution in [3.63, 3.8) is 0 Å². The van der Waals surface area contributed by atoms with Crippen LogP contribution in [0.4, 0.5) is 0 Å². The molecule has 0 aliphatic carbocycles. The van der Waals surface area contributed by atoms with Gasteiger partial charge in [0.05, 0.1) is 0 Å². The minimum Gasteiger partial charge on any atom is -0.507 e. The molecule has 0 heterocycles. The molecule has 0 radical (unpaired) electrons. The van der Waals surface area contributed by atoms with Gasteiger partial charge in [0, 0.05) is 12.1 Å². The van der Waals surface area contributed by atoms with Crippen molar-refractivity contribution in [1.29, 1.82) is 0 Å². The van der Waals surface area contributed by atoms with Gasteiger partial charge in [-0.2, -0.15) is 0 Å². The summed E-state index contributed by atoms with van der Waals surface area (Å²) in [4.78, 5) is 0. The fourth-order valence-electron chi connectivity index (χ4n) is 4.59. The Kier molecular flexibility index (Phi) is 14.6.